The summed E-state index contributed by atoms with van der Waals surface area (Å²) in [4.78, 5) is 21.9. The van der Waals surface area contributed by atoms with Gasteiger partial charge in [0.25, 0.3) is 0 Å². The first-order chi connectivity index (χ1) is 12.5. The number of nitrogens with zero attached hydrogens (tertiary/aromatic N) is 4. The molecule has 134 valence electrons. The number of amides is 1. The van der Waals surface area contributed by atoms with Crippen molar-refractivity contribution in [3.05, 3.63) is 47.4 Å². The monoisotopic (exact) mass is 351 g/mol. The number of carbonyl (C=O) groups is 1. The van der Waals surface area contributed by atoms with Crippen LogP contribution in [-0.2, 0) is 11.3 Å². The Morgan fingerprint density at radius 3 is 3.04 bits per heavy atom. The molecule has 3 rings (SSSR count). The van der Waals surface area contributed by atoms with E-state index in [-0.39, 0.29) is 12.0 Å². The number of hydrogen-bond donors (Lipinski definition) is 1. The lowest BCUT2D eigenvalue weighted by Crippen LogP contribution is -2.25. The standard InChI is InChI=1S/C19H21N5O2/c1-13-15(10-20)3-4-19(23-13)24-8-6-18(12-24)26-17-5-7-21-16(9-17)11-22-14(2)25/h3-5,7,9,18H,6,8,11-12H2,1-2H3,(H,22,25). The number of nitriles is 1. The molecule has 0 radical (unpaired) electrons. The number of nitrogens with one attached hydrogen (secondary N) is 1. The molecule has 7 nitrogen and oxygen atoms in total. The van der Waals surface area contributed by atoms with Crippen LogP contribution in [0.3, 0.4) is 0 Å². The molecule has 0 spiro atoms. The highest BCUT2D eigenvalue weighted by molar-refractivity contribution is 5.72. The van der Waals surface area contributed by atoms with Crippen LogP contribution in [0.2, 0.25) is 0 Å². The first-order valence-corrected chi connectivity index (χ1v) is 8.54. The van der Waals surface area contributed by atoms with Gasteiger partial charge in [0.15, 0.2) is 0 Å². The van der Waals surface area contributed by atoms with Gasteiger partial charge < -0.3 is 15.0 Å². The van der Waals surface area contributed by atoms with E-state index in [0.29, 0.717) is 12.1 Å². The highest BCUT2D eigenvalue weighted by atomic mass is 16.5. The van der Waals surface area contributed by atoms with Crippen molar-refractivity contribution < 1.29 is 9.53 Å². The fourth-order valence-corrected chi connectivity index (χ4v) is 2.91. The summed E-state index contributed by atoms with van der Waals surface area (Å²) in [5.41, 5.74) is 2.10. The van der Waals surface area contributed by atoms with Gasteiger partial charge in [-0.15, -0.1) is 0 Å². The summed E-state index contributed by atoms with van der Waals surface area (Å²) in [5, 5.41) is 11.7. The maximum atomic E-state index is 11.0. The Hall–Kier alpha value is -3.14. The summed E-state index contributed by atoms with van der Waals surface area (Å²) in [6.45, 7) is 5.30. The van der Waals surface area contributed by atoms with E-state index < -0.39 is 0 Å². The zero-order valence-electron chi connectivity index (χ0n) is 14.9. The molecule has 1 saturated heterocycles. The van der Waals surface area contributed by atoms with Crippen LogP contribution in [0.5, 0.6) is 5.75 Å². The Labute approximate surface area is 152 Å². The summed E-state index contributed by atoms with van der Waals surface area (Å²) in [7, 11) is 0. The van der Waals surface area contributed by atoms with Gasteiger partial charge in [-0.2, -0.15) is 5.26 Å². The van der Waals surface area contributed by atoms with Crippen molar-refractivity contribution >= 4 is 11.7 Å². The number of aromatic nitrogens is 2. The normalized spacial score (nSPS) is 16.2. The van der Waals surface area contributed by atoms with E-state index in [1.54, 1.807) is 6.20 Å². The van der Waals surface area contributed by atoms with Crippen molar-refractivity contribution in [2.75, 3.05) is 18.0 Å². The molecule has 0 saturated carbocycles. The maximum absolute atomic E-state index is 11.0. The maximum Gasteiger partial charge on any atom is 0.217 e. The molecule has 26 heavy (non-hydrogen) atoms. The first-order valence-electron chi connectivity index (χ1n) is 8.54. The van der Waals surface area contributed by atoms with Crippen LogP contribution in [0.4, 0.5) is 5.82 Å². The van der Waals surface area contributed by atoms with Crippen molar-refractivity contribution in [1.29, 1.82) is 5.26 Å². The molecule has 0 bridgehead atoms. The molecule has 0 aliphatic carbocycles. The van der Waals surface area contributed by atoms with Crippen LogP contribution in [0.25, 0.3) is 0 Å². The van der Waals surface area contributed by atoms with Crippen LogP contribution in [0.1, 0.15) is 30.3 Å². The van der Waals surface area contributed by atoms with Crippen LogP contribution < -0.4 is 15.0 Å². The van der Waals surface area contributed by atoms with E-state index in [4.69, 9.17) is 10.00 Å². The first kappa shape index (κ1) is 17.7. The minimum atomic E-state index is -0.0882. The van der Waals surface area contributed by atoms with Gasteiger partial charge in [0.1, 0.15) is 23.7 Å². The zero-order chi connectivity index (χ0) is 18.5. The van der Waals surface area contributed by atoms with Crippen LogP contribution in [0, 0.1) is 18.3 Å². The number of carbonyl (C=O) groups excluding carboxylic acids is 1. The predicted octanol–water partition coefficient (Wildman–Crippen LogP) is 1.95. The Balaban J connectivity index is 1.61. The third-order valence-electron chi connectivity index (χ3n) is 4.27. The Morgan fingerprint density at radius 1 is 1.46 bits per heavy atom. The van der Waals surface area contributed by atoms with Crippen molar-refractivity contribution in [2.45, 2.75) is 32.9 Å². The summed E-state index contributed by atoms with van der Waals surface area (Å²) < 4.78 is 6.08. The van der Waals surface area contributed by atoms with Gasteiger partial charge in [0, 0.05) is 32.2 Å². The summed E-state index contributed by atoms with van der Waals surface area (Å²) >= 11 is 0. The van der Waals surface area contributed by atoms with Crippen LogP contribution >= 0.6 is 0 Å². The van der Waals surface area contributed by atoms with Gasteiger partial charge in [-0.1, -0.05) is 0 Å². The predicted molar refractivity (Wildman–Crippen MR) is 96.7 cm³/mol. The molecule has 1 N–H and O–H groups in total. The lowest BCUT2D eigenvalue weighted by Gasteiger charge is -2.19. The van der Waals surface area contributed by atoms with E-state index in [0.717, 1.165) is 42.5 Å². The SMILES string of the molecule is CC(=O)NCc1cc(OC2CCN(c3ccc(C#N)c(C)n3)C2)ccn1. The molecule has 7 heteroatoms. The van der Waals surface area contributed by atoms with E-state index >= 15 is 0 Å². The summed E-state index contributed by atoms with van der Waals surface area (Å²) in [6, 6.07) is 9.50. The van der Waals surface area contributed by atoms with Crippen molar-refractivity contribution in [3.8, 4) is 11.8 Å². The molecular formula is C19H21N5O2. The summed E-state index contributed by atoms with van der Waals surface area (Å²) in [5.74, 6) is 1.53. The van der Waals surface area contributed by atoms with E-state index in [2.05, 4.69) is 26.3 Å². The molecule has 1 amide bonds. The van der Waals surface area contributed by atoms with Crippen molar-refractivity contribution in [2.24, 2.45) is 0 Å². The lowest BCUT2D eigenvalue weighted by molar-refractivity contribution is -0.119. The van der Waals surface area contributed by atoms with Gasteiger partial charge in [0.2, 0.25) is 5.91 Å². The molecule has 1 aliphatic rings. The fourth-order valence-electron chi connectivity index (χ4n) is 2.91. The highest BCUT2D eigenvalue weighted by Gasteiger charge is 2.25. The number of anilines is 1. The molecule has 1 fully saturated rings. The van der Waals surface area contributed by atoms with E-state index in [1.807, 2.05) is 31.2 Å². The smallest absolute Gasteiger partial charge is 0.217 e. The lowest BCUT2D eigenvalue weighted by atomic mass is 10.2. The topological polar surface area (TPSA) is 91.1 Å². The van der Waals surface area contributed by atoms with Crippen LogP contribution in [-0.4, -0.2) is 35.1 Å². The number of pyridine rings is 2. The Morgan fingerprint density at radius 2 is 2.31 bits per heavy atom. The molecule has 2 aromatic heterocycles. The second-order valence-corrected chi connectivity index (χ2v) is 6.28. The third kappa shape index (κ3) is 4.28. The summed E-state index contributed by atoms with van der Waals surface area (Å²) in [6.07, 6.45) is 2.64. The quantitative estimate of drug-likeness (QED) is 0.885. The second kappa shape index (κ2) is 7.83. The molecule has 3 heterocycles. The van der Waals surface area contributed by atoms with Crippen molar-refractivity contribution in [1.82, 2.24) is 15.3 Å². The Bertz CT molecular complexity index is 846. The zero-order valence-corrected chi connectivity index (χ0v) is 14.9. The fraction of sp³-hybridized carbons (Fsp3) is 0.368. The molecule has 2 aromatic rings. The second-order valence-electron chi connectivity index (χ2n) is 6.28. The molecule has 0 aromatic carbocycles. The third-order valence-corrected chi connectivity index (χ3v) is 4.27. The molecule has 1 aliphatic heterocycles. The van der Waals surface area contributed by atoms with Crippen LogP contribution in [0.15, 0.2) is 30.5 Å². The molecule has 1 unspecified atom stereocenters. The number of aryl methyl sites for hydroxylation is 1. The van der Waals surface area contributed by atoms with E-state index in [9.17, 15) is 4.79 Å². The van der Waals surface area contributed by atoms with Gasteiger partial charge in [0.05, 0.1) is 30.0 Å². The van der Waals surface area contributed by atoms with Gasteiger partial charge in [-0.05, 0) is 25.1 Å². The number of hydrogen-bond acceptors (Lipinski definition) is 6. The average Bonchev–Trinajstić information content (AvgIpc) is 3.08. The average molecular weight is 351 g/mol. The van der Waals surface area contributed by atoms with Gasteiger partial charge in [-0.25, -0.2) is 4.98 Å². The molecule has 1 atom stereocenters. The minimum Gasteiger partial charge on any atom is -0.488 e. The van der Waals surface area contributed by atoms with Gasteiger partial charge in [-0.3, -0.25) is 9.78 Å². The largest absolute Gasteiger partial charge is 0.488 e. The molecular weight excluding hydrogens is 330 g/mol. The van der Waals surface area contributed by atoms with E-state index in [1.165, 1.54) is 6.92 Å². The Kier molecular flexibility index (Phi) is 5.32. The van der Waals surface area contributed by atoms with Gasteiger partial charge >= 0.3 is 0 Å². The number of rotatable bonds is 5. The van der Waals surface area contributed by atoms with Crippen molar-refractivity contribution in [3.63, 3.8) is 0 Å². The highest BCUT2D eigenvalue weighted by Crippen LogP contribution is 2.23. The number of ether oxygens (including phenoxy) is 1. The minimum absolute atomic E-state index is 0.0590.